The standard InChI is InChI=1S/C16H25N/c1-12-4-6-13(7-5-12)10-14-11-16(2,3)9-8-15(14)17/h4-7,14-15H,8-11,17H2,1-3H3. The highest BCUT2D eigenvalue weighted by Gasteiger charge is 2.32. The molecule has 0 bridgehead atoms. The number of nitrogens with two attached hydrogens (primary N) is 1. The fourth-order valence-electron chi connectivity index (χ4n) is 3.01. The minimum atomic E-state index is 0.393. The van der Waals surface area contributed by atoms with Crippen LogP contribution in [0.5, 0.6) is 0 Å². The summed E-state index contributed by atoms with van der Waals surface area (Å²) in [7, 11) is 0. The van der Waals surface area contributed by atoms with E-state index in [2.05, 4.69) is 45.0 Å². The van der Waals surface area contributed by atoms with Crippen LogP contribution < -0.4 is 5.73 Å². The number of benzene rings is 1. The number of hydrogen-bond donors (Lipinski definition) is 1. The summed E-state index contributed by atoms with van der Waals surface area (Å²) in [6.45, 7) is 6.89. The van der Waals surface area contributed by atoms with Gasteiger partial charge in [-0.05, 0) is 49.5 Å². The molecule has 1 aromatic rings. The first-order valence-electron chi connectivity index (χ1n) is 6.77. The number of aryl methyl sites for hydroxylation is 1. The third-order valence-electron chi connectivity index (χ3n) is 4.19. The molecule has 1 aliphatic carbocycles. The van der Waals surface area contributed by atoms with Crippen molar-refractivity contribution < 1.29 is 0 Å². The molecule has 1 nitrogen and oxygen atoms in total. The van der Waals surface area contributed by atoms with Gasteiger partial charge in [-0.25, -0.2) is 0 Å². The lowest BCUT2D eigenvalue weighted by Gasteiger charge is -2.39. The molecule has 1 aromatic carbocycles. The number of hydrogen-bond acceptors (Lipinski definition) is 1. The van der Waals surface area contributed by atoms with Crippen LogP contribution in [0.4, 0.5) is 0 Å². The van der Waals surface area contributed by atoms with E-state index in [1.165, 1.54) is 30.4 Å². The highest BCUT2D eigenvalue weighted by molar-refractivity contribution is 5.22. The Labute approximate surface area is 105 Å². The van der Waals surface area contributed by atoms with Gasteiger partial charge >= 0.3 is 0 Å². The molecule has 0 aromatic heterocycles. The quantitative estimate of drug-likeness (QED) is 0.825. The highest BCUT2D eigenvalue weighted by Crippen LogP contribution is 2.39. The van der Waals surface area contributed by atoms with Crippen molar-refractivity contribution in [2.24, 2.45) is 17.1 Å². The number of rotatable bonds is 2. The second-order valence-corrected chi connectivity index (χ2v) is 6.52. The molecule has 2 rings (SSSR count). The van der Waals surface area contributed by atoms with E-state index in [0.29, 0.717) is 17.4 Å². The Morgan fingerprint density at radius 3 is 2.53 bits per heavy atom. The third kappa shape index (κ3) is 3.32. The van der Waals surface area contributed by atoms with Gasteiger partial charge in [0.15, 0.2) is 0 Å². The van der Waals surface area contributed by atoms with Crippen LogP contribution in [0.3, 0.4) is 0 Å². The average molecular weight is 231 g/mol. The molecule has 0 amide bonds. The maximum Gasteiger partial charge on any atom is 0.00707 e. The molecule has 1 fully saturated rings. The van der Waals surface area contributed by atoms with E-state index >= 15 is 0 Å². The van der Waals surface area contributed by atoms with Crippen molar-refractivity contribution in [2.45, 2.75) is 52.5 Å². The summed E-state index contributed by atoms with van der Waals surface area (Å²) in [6.07, 6.45) is 4.87. The first-order valence-corrected chi connectivity index (χ1v) is 6.77. The van der Waals surface area contributed by atoms with Crippen molar-refractivity contribution in [3.05, 3.63) is 35.4 Å². The third-order valence-corrected chi connectivity index (χ3v) is 4.19. The van der Waals surface area contributed by atoms with Crippen molar-refractivity contribution in [2.75, 3.05) is 0 Å². The average Bonchev–Trinajstić information content (AvgIpc) is 2.26. The second-order valence-electron chi connectivity index (χ2n) is 6.52. The van der Waals surface area contributed by atoms with Crippen molar-refractivity contribution in [3.63, 3.8) is 0 Å². The van der Waals surface area contributed by atoms with Gasteiger partial charge in [0.2, 0.25) is 0 Å². The first-order chi connectivity index (χ1) is 7.96. The van der Waals surface area contributed by atoms with Gasteiger partial charge < -0.3 is 5.73 Å². The van der Waals surface area contributed by atoms with E-state index in [9.17, 15) is 0 Å². The van der Waals surface area contributed by atoms with Crippen LogP contribution in [0, 0.1) is 18.3 Å². The van der Waals surface area contributed by atoms with Gasteiger partial charge in [0, 0.05) is 6.04 Å². The maximum absolute atomic E-state index is 6.28. The van der Waals surface area contributed by atoms with Gasteiger partial charge in [0.1, 0.15) is 0 Å². The fourth-order valence-corrected chi connectivity index (χ4v) is 3.01. The Hall–Kier alpha value is -0.820. The normalized spacial score (nSPS) is 28.0. The summed E-state index contributed by atoms with van der Waals surface area (Å²) >= 11 is 0. The van der Waals surface area contributed by atoms with Crippen LogP contribution >= 0.6 is 0 Å². The molecule has 2 N–H and O–H groups in total. The van der Waals surface area contributed by atoms with Crippen LogP contribution in [-0.2, 0) is 6.42 Å². The zero-order valence-corrected chi connectivity index (χ0v) is 11.4. The lowest BCUT2D eigenvalue weighted by atomic mass is 9.68. The summed E-state index contributed by atoms with van der Waals surface area (Å²) in [5, 5.41) is 0. The van der Waals surface area contributed by atoms with Crippen molar-refractivity contribution in [3.8, 4) is 0 Å². The Bertz CT molecular complexity index is 364. The van der Waals surface area contributed by atoms with E-state index in [4.69, 9.17) is 5.73 Å². The molecule has 1 aliphatic rings. The zero-order valence-electron chi connectivity index (χ0n) is 11.4. The Balaban J connectivity index is 2.04. The molecule has 2 atom stereocenters. The SMILES string of the molecule is Cc1ccc(CC2CC(C)(C)CCC2N)cc1. The van der Waals surface area contributed by atoms with Gasteiger partial charge in [-0.1, -0.05) is 43.7 Å². The summed E-state index contributed by atoms with van der Waals surface area (Å²) in [6, 6.07) is 9.31. The Morgan fingerprint density at radius 1 is 1.24 bits per heavy atom. The molecule has 1 heteroatoms. The lowest BCUT2D eigenvalue weighted by Crippen LogP contribution is -2.40. The van der Waals surface area contributed by atoms with Gasteiger partial charge in [-0.2, -0.15) is 0 Å². The molecule has 17 heavy (non-hydrogen) atoms. The van der Waals surface area contributed by atoms with Crippen LogP contribution in [0.15, 0.2) is 24.3 Å². The molecule has 0 radical (unpaired) electrons. The van der Waals surface area contributed by atoms with Gasteiger partial charge in [-0.15, -0.1) is 0 Å². The largest absolute Gasteiger partial charge is 0.327 e. The molecule has 2 unspecified atom stereocenters. The summed E-state index contributed by atoms with van der Waals surface area (Å²) < 4.78 is 0. The zero-order chi connectivity index (χ0) is 12.5. The topological polar surface area (TPSA) is 26.0 Å². The fraction of sp³-hybridized carbons (Fsp3) is 0.625. The minimum absolute atomic E-state index is 0.393. The molecule has 0 heterocycles. The van der Waals surface area contributed by atoms with Gasteiger partial charge in [0.05, 0.1) is 0 Å². The summed E-state index contributed by atoms with van der Waals surface area (Å²) in [4.78, 5) is 0. The van der Waals surface area contributed by atoms with E-state index in [0.717, 1.165) is 6.42 Å². The van der Waals surface area contributed by atoms with Gasteiger partial charge in [0.25, 0.3) is 0 Å². The van der Waals surface area contributed by atoms with Crippen LogP contribution in [0.1, 0.15) is 44.2 Å². The predicted molar refractivity (Wildman–Crippen MR) is 74.0 cm³/mol. The van der Waals surface area contributed by atoms with Crippen molar-refractivity contribution in [1.29, 1.82) is 0 Å². The van der Waals surface area contributed by atoms with E-state index in [1.807, 2.05) is 0 Å². The van der Waals surface area contributed by atoms with Crippen LogP contribution in [0.25, 0.3) is 0 Å². The van der Waals surface area contributed by atoms with Crippen LogP contribution in [0.2, 0.25) is 0 Å². The molecular formula is C16H25N. The van der Waals surface area contributed by atoms with E-state index < -0.39 is 0 Å². The lowest BCUT2D eigenvalue weighted by molar-refractivity contribution is 0.157. The Morgan fingerprint density at radius 2 is 1.88 bits per heavy atom. The molecule has 0 saturated heterocycles. The van der Waals surface area contributed by atoms with E-state index in [1.54, 1.807) is 0 Å². The molecule has 0 spiro atoms. The second kappa shape index (κ2) is 4.81. The minimum Gasteiger partial charge on any atom is -0.327 e. The summed E-state index contributed by atoms with van der Waals surface area (Å²) in [5.41, 5.74) is 9.53. The Kier molecular flexibility index (Phi) is 3.58. The predicted octanol–water partition coefficient (Wildman–Crippen LogP) is 3.69. The van der Waals surface area contributed by atoms with E-state index in [-0.39, 0.29) is 0 Å². The summed E-state index contributed by atoms with van der Waals surface area (Å²) in [5.74, 6) is 0.654. The van der Waals surface area contributed by atoms with Crippen molar-refractivity contribution in [1.82, 2.24) is 0 Å². The van der Waals surface area contributed by atoms with Crippen LogP contribution in [-0.4, -0.2) is 6.04 Å². The first kappa shape index (κ1) is 12.6. The molecule has 94 valence electrons. The molecule has 1 saturated carbocycles. The molecular weight excluding hydrogens is 206 g/mol. The van der Waals surface area contributed by atoms with Gasteiger partial charge in [-0.3, -0.25) is 0 Å². The smallest absolute Gasteiger partial charge is 0.00707 e. The van der Waals surface area contributed by atoms with Crippen molar-refractivity contribution >= 4 is 0 Å². The molecule has 0 aliphatic heterocycles. The highest BCUT2D eigenvalue weighted by atomic mass is 14.7. The maximum atomic E-state index is 6.28. The monoisotopic (exact) mass is 231 g/mol.